The zero-order valence-corrected chi connectivity index (χ0v) is 20.7. The van der Waals surface area contributed by atoms with Gasteiger partial charge in [-0.2, -0.15) is 0 Å². The van der Waals surface area contributed by atoms with Crippen LogP contribution in [0.2, 0.25) is 5.15 Å². The van der Waals surface area contributed by atoms with Crippen LogP contribution < -0.4 is 0 Å². The van der Waals surface area contributed by atoms with Gasteiger partial charge in [0.2, 0.25) is 0 Å². The summed E-state index contributed by atoms with van der Waals surface area (Å²) in [4.78, 5) is 26.4. The molecule has 0 spiro atoms. The van der Waals surface area contributed by atoms with Gasteiger partial charge >= 0.3 is 5.97 Å². The maximum Gasteiger partial charge on any atom is 0.308 e. The Balaban J connectivity index is 1.42. The third-order valence-electron chi connectivity index (χ3n) is 7.19. The molecule has 1 saturated carbocycles. The lowest BCUT2D eigenvalue weighted by molar-refractivity contribution is -0.146. The van der Waals surface area contributed by atoms with E-state index >= 15 is 0 Å². The van der Waals surface area contributed by atoms with Gasteiger partial charge in [-0.25, -0.2) is 9.97 Å². The fraction of sp³-hybridized carbons (Fsp3) is 0.241. The van der Waals surface area contributed by atoms with Gasteiger partial charge in [-0.15, -0.1) is 0 Å². The number of fused-ring (bicyclic) bond motifs is 2. The minimum Gasteiger partial charge on any atom is -0.469 e. The van der Waals surface area contributed by atoms with Crippen LogP contribution in [0.5, 0.6) is 0 Å². The number of rotatable bonds is 4. The minimum atomic E-state index is -0.122. The van der Waals surface area contributed by atoms with Gasteiger partial charge in [-0.05, 0) is 37.8 Å². The molecule has 36 heavy (non-hydrogen) atoms. The standard InChI is InChI=1S/C29H25ClN4O2/c1-36-29(35)21-10-8-20(9-11-21)28-33-27(25-16-31-17-26(30)34(25)28)22-12-7-19-13-14-23(32-24(19)15-22)18-5-3-2-4-6-18/h2-7,12-17,20-21H,8-11H2,1H3. The number of carbonyl (C=O) groups excluding carboxylic acids is 1. The number of imidazole rings is 1. The number of esters is 1. The van der Waals surface area contributed by atoms with Crippen LogP contribution in [0.4, 0.5) is 0 Å². The molecule has 0 saturated heterocycles. The van der Waals surface area contributed by atoms with Crippen molar-refractivity contribution in [3.63, 3.8) is 0 Å². The summed E-state index contributed by atoms with van der Waals surface area (Å²) in [6, 6.07) is 20.6. The smallest absolute Gasteiger partial charge is 0.308 e. The van der Waals surface area contributed by atoms with Crippen molar-refractivity contribution in [2.75, 3.05) is 7.11 Å². The van der Waals surface area contributed by atoms with Crippen LogP contribution in [0.1, 0.15) is 37.4 Å². The summed E-state index contributed by atoms with van der Waals surface area (Å²) in [5.41, 5.74) is 5.59. The Hall–Kier alpha value is -3.77. The molecule has 1 aliphatic carbocycles. The van der Waals surface area contributed by atoms with E-state index in [1.165, 1.54) is 7.11 Å². The third kappa shape index (κ3) is 4.01. The summed E-state index contributed by atoms with van der Waals surface area (Å²) in [7, 11) is 1.46. The first-order chi connectivity index (χ1) is 17.6. The summed E-state index contributed by atoms with van der Waals surface area (Å²) in [6.45, 7) is 0. The Morgan fingerprint density at radius 2 is 1.72 bits per heavy atom. The quantitative estimate of drug-likeness (QED) is 0.258. The molecule has 0 aliphatic heterocycles. The molecule has 7 heteroatoms. The topological polar surface area (TPSA) is 69.4 Å². The lowest BCUT2D eigenvalue weighted by Gasteiger charge is -2.26. The Bertz CT molecular complexity index is 1570. The molecular formula is C29H25ClN4O2. The van der Waals surface area contributed by atoms with E-state index in [-0.39, 0.29) is 17.8 Å². The van der Waals surface area contributed by atoms with E-state index in [0.29, 0.717) is 5.15 Å². The van der Waals surface area contributed by atoms with E-state index in [4.69, 9.17) is 26.3 Å². The Morgan fingerprint density at radius 1 is 0.944 bits per heavy atom. The number of ether oxygens (including phenoxy) is 1. The molecule has 0 bridgehead atoms. The summed E-state index contributed by atoms with van der Waals surface area (Å²) < 4.78 is 6.96. The van der Waals surface area contributed by atoms with Crippen LogP contribution in [0.3, 0.4) is 0 Å². The molecule has 3 aromatic heterocycles. The van der Waals surface area contributed by atoms with Gasteiger partial charge < -0.3 is 4.74 Å². The second-order valence-corrected chi connectivity index (χ2v) is 9.70. The SMILES string of the molecule is COC(=O)C1CCC(c2nc(-c3ccc4ccc(-c5ccccc5)nc4c3)c3cncc(Cl)n23)CC1. The molecule has 6 rings (SSSR count). The predicted octanol–water partition coefficient (Wildman–Crippen LogP) is 6.71. The van der Waals surface area contributed by atoms with Crippen LogP contribution in [-0.4, -0.2) is 32.4 Å². The first-order valence-corrected chi connectivity index (χ1v) is 12.6. The summed E-state index contributed by atoms with van der Waals surface area (Å²) >= 11 is 6.64. The number of hydrogen-bond donors (Lipinski definition) is 0. The van der Waals surface area contributed by atoms with Gasteiger partial charge in [-0.3, -0.25) is 14.2 Å². The molecule has 0 amide bonds. The highest BCUT2D eigenvalue weighted by Gasteiger charge is 2.31. The molecule has 0 N–H and O–H groups in total. The Kier molecular flexibility index (Phi) is 5.89. The highest BCUT2D eigenvalue weighted by Crippen LogP contribution is 2.39. The second-order valence-electron chi connectivity index (χ2n) is 9.31. The summed E-state index contributed by atoms with van der Waals surface area (Å²) in [6.07, 6.45) is 6.75. The first-order valence-electron chi connectivity index (χ1n) is 12.2. The van der Waals surface area contributed by atoms with Crippen molar-refractivity contribution in [3.8, 4) is 22.5 Å². The second kappa shape index (κ2) is 9.36. The van der Waals surface area contributed by atoms with Crippen molar-refractivity contribution in [1.82, 2.24) is 19.4 Å². The molecule has 180 valence electrons. The van der Waals surface area contributed by atoms with Crippen LogP contribution in [0.25, 0.3) is 38.9 Å². The summed E-state index contributed by atoms with van der Waals surface area (Å²) in [5, 5.41) is 1.60. The zero-order valence-electron chi connectivity index (χ0n) is 19.9. The number of halogens is 1. The van der Waals surface area contributed by atoms with Crippen molar-refractivity contribution < 1.29 is 9.53 Å². The average Bonchev–Trinajstić information content (AvgIpc) is 3.33. The summed E-state index contributed by atoms with van der Waals surface area (Å²) in [5.74, 6) is 0.958. The molecular weight excluding hydrogens is 472 g/mol. The van der Waals surface area contributed by atoms with Crippen molar-refractivity contribution in [3.05, 3.63) is 84.0 Å². The molecule has 1 aliphatic rings. The van der Waals surface area contributed by atoms with E-state index in [1.54, 1.807) is 6.20 Å². The number of aromatic nitrogens is 4. The molecule has 2 aromatic carbocycles. The number of pyridine rings is 1. The minimum absolute atomic E-state index is 0.0422. The van der Waals surface area contributed by atoms with Crippen LogP contribution in [0.15, 0.2) is 73.1 Å². The zero-order chi connectivity index (χ0) is 24.6. The highest BCUT2D eigenvalue weighted by molar-refractivity contribution is 6.29. The predicted molar refractivity (Wildman–Crippen MR) is 141 cm³/mol. The largest absolute Gasteiger partial charge is 0.469 e. The average molecular weight is 497 g/mol. The van der Waals surface area contributed by atoms with Crippen molar-refractivity contribution in [2.24, 2.45) is 5.92 Å². The van der Waals surface area contributed by atoms with E-state index in [2.05, 4.69) is 47.4 Å². The highest BCUT2D eigenvalue weighted by atomic mass is 35.5. The van der Waals surface area contributed by atoms with E-state index in [0.717, 1.165) is 70.4 Å². The number of methoxy groups -OCH3 is 1. The number of nitrogens with zero attached hydrogens (tertiary/aromatic N) is 4. The number of carbonyl (C=O) groups is 1. The van der Waals surface area contributed by atoms with Crippen LogP contribution >= 0.6 is 11.6 Å². The third-order valence-corrected chi connectivity index (χ3v) is 7.46. The van der Waals surface area contributed by atoms with Crippen molar-refractivity contribution >= 4 is 34.0 Å². The van der Waals surface area contributed by atoms with Gasteiger partial charge in [0.1, 0.15) is 11.0 Å². The monoisotopic (exact) mass is 496 g/mol. The van der Waals surface area contributed by atoms with E-state index in [1.807, 2.05) is 28.8 Å². The van der Waals surface area contributed by atoms with Crippen molar-refractivity contribution in [1.29, 1.82) is 0 Å². The lowest BCUT2D eigenvalue weighted by atomic mass is 9.81. The molecule has 0 atom stereocenters. The molecule has 3 heterocycles. The van der Waals surface area contributed by atoms with Gasteiger partial charge in [-0.1, -0.05) is 60.1 Å². The number of hydrogen-bond acceptors (Lipinski definition) is 5. The van der Waals surface area contributed by atoms with Crippen LogP contribution in [-0.2, 0) is 9.53 Å². The molecule has 0 unspecified atom stereocenters. The Labute approximate surface area is 213 Å². The fourth-order valence-corrected chi connectivity index (χ4v) is 5.53. The fourth-order valence-electron chi connectivity index (χ4n) is 5.30. The maximum absolute atomic E-state index is 12.0. The van der Waals surface area contributed by atoms with Gasteiger partial charge in [0.05, 0.1) is 47.8 Å². The van der Waals surface area contributed by atoms with E-state index in [9.17, 15) is 4.79 Å². The maximum atomic E-state index is 12.0. The van der Waals surface area contributed by atoms with Crippen molar-refractivity contribution in [2.45, 2.75) is 31.6 Å². The van der Waals surface area contributed by atoms with Crippen LogP contribution in [0, 0.1) is 5.92 Å². The molecule has 6 nitrogen and oxygen atoms in total. The normalized spacial score (nSPS) is 17.9. The Morgan fingerprint density at radius 3 is 2.50 bits per heavy atom. The molecule has 0 radical (unpaired) electrons. The number of benzene rings is 2. The van der Waals surface area contributed by atoms with E-state index < -0.39 is 0 Å². The van der Waals surface area contributed by atoms with Gasteiger partial charge in [0, 0.05) is 22.4 Å². The lowest BCUT2D eigenvalue weighted by Crippen LogP contribution is -2.23. The van der Waals surface area contributed by atoms with Gasteiger partial charge in [0.25, 0.3) is 0 Å². The molecule has 5 aromatic rings. The van der Waals surface area contributed by atoms with Gasteiger partial charge in [0.15, 0.2) is 0 Å². The molecule has 1 fully saturated rings. The first kappa shape index (κ1) is 22.7.